The van der Waals surface area contributed by atoms with Crippen molar-refractivity contribution < 1.29 is 9.13 Å². The molecule has 1 saturated heterocycles. The third-order valence-electron chi connectivity index (χ3n) is 6.49. The second-order valence-corrected chi connectivity index (χ2v) is 10.2. The number of morpholine rings is 1. The molecule has 1 aliphatic rings. The topological polar surface area (TPSA) is 65.2 Å². The zero-order valence-electron chi connectivity index (χ0n) is 20.3. The van der Waals surface area contributed by atoms with Crippen molar-refractivity contribution in [3.63, 3.8) is 0 Å². The van der Waals surface area contributed by atoms with Crippen molar-refractivity contribution in [1.82, 2.24) is 19.3 Å². The molecule has 0 bridgehead atoms. The number of rotatable bonds is 3. The van der Waals surface area contributed by atoms with Crippen LogP contribution in [0, 0.1) is 12.7 Å². The van der Waals surface area contributed by atoms with Crippen LogP contribution >= 0.6 is 11.6 Å². The summed E-state index contributed by atoms with van der Waals surface area (Å²) in [7, 11) is 3.56. The number of halogens is 2. The molecule has 2 aromatic heterocycles. The molecule has 4 aromatic rings. The molecule has 5 rings (SSSR count). The van der Waals surface area contributed by atoms with Gasteiger partial charge in [0.15, 0.2) is 0 Å². The first-order valence-corrected chi connectivity index (χ1v) is 11.8. The molecule has 0 amide bonds. The lowest BCUT2D eigenvalue weighted by Gasteiger charge is -2.44. The Bertz CT molecular complexity index is 1510. The first-order valence-electron chi connectivity index (χ1n) is 11.4. The molecule has 9 heteroatoms. The second kappa shape index (κ2) is 8.46. The molecule has 0 N–H and O–H groups in total. The van der Waals surface area contributed by atoms with E-state index in [0.717, 1.165) is 11.3 Å². The molecular formula is C26H27ClFN5O2. The average molecular weight is 496 g/mol. The molecule has 0 saturated carbocycles. The summed E-state index contributed by atoms with van der Waals surface area (Å²) < 4.78 is 24.7. The van der Waals surface area contributed by atoms with E-state index in [1.54, 1.807) is 30.8 Å². The van der Waals surface area contributed by atoms with Crippen molar-refractivity contribution in [3.8, 4) is 11.1 Å². The molecule has 182 valence electrons. The zero-order chi connectivity index (χ0) is 25.1. The fourth-order valence-corrected chi connectivity index (χ4v) is 4.88. The number of aryl methyl sites for hydroxylation is 2. The van der Waals surface area contributed by atoms with E-state index in [1.807, 2.05) is 45.4 Å². The van der Waals surface area contributed by atoms with Gasteiger partial charge in [0, 0.05) is 60.8 Å². The van der Waals surface area contributed by atoms with E-state index in [9.17, 15) is 4.79 Å². The van der Waals surface area contributed by atoms with Gasteiger partial charge in [-0.2, -0.15) is 5.10 Å². The summed E-state index contributed by atoms with van der Waals surface area (Å²) in [5.74, 6) is 0.0849. The van der Waals surface area contributed by atoms with Gasteiger partial charge in [-0.05, 0) is 51.1 Å². The van der Waals surface area contributed by atoms with Crippen LogP contribution in [0.4, 0.5) is 10.1 Å². The average Bonchev–Trinajstić information content (AvgIpc) is 3.23. The van der Waals surface area contributed by atoms with Gasteiger partial charge < -0.3 is 9.64 Å². The Kier molecular flexibility index (Phi) is 5.68. The Morgan fingerprint density at radius 1 is 1.17 bits per heavy atom. The van der Waals surface area contributed by atoms with Crippen LogP contribution in [0.2, 0.25) is 5.02 Å². The number of fused-ring (bicyclic) bond motifs is 1. The Labute approximate surface area is 207 Å². The van der Waals surface area contributed by atoms with Crippen molar-refractivity contribution in [1.29, 1.82) is 0 Å². The highest BCUT2D eigenvalue weighted by Crippen LogP contribution is 2.38. The summed E-state index contributed by atoms with van der Waals surface area (Å²) in [6, 6.07) is 8.31. The minimum Gasteiger partial charge on any atom is -0.366 e. The number of nitrogens with zero attached hydrogens (tertiary/aromatic N) is 5. The van der Waals surface area contributed by atoms with Gasteiger partial charge in [0.25, 0.3) is 5.56 Å². The minimum absolute atomic E-state index is 0.179. The highest BCUT2D eigenvalue weighted by atomic mass is 35.5. The lowest BCUT2D eigenvalue weighted by atomic mass is 9.98. The van der Waals surface area contributed by atoms with Crippen LogP contribution in [0.25, 0.3) is 22.0 Å². The third kappa shape index (κ3) is 4.32. The highest BCUT2D eigenvalue weighted by molar-refractivity contribution is 6.30. The SMILES string of the molecule is Cc1nc2c(-c3ccc(Cl)cc3F)cc(N3C[C@@H](c4cnn(C)c4)OC(C)(C)C3)cc2c(=O)n1C. The summed E-state index contributed by atoms with van der Waals surface area (Å²) in [5.41, 5.74) is 2.49. The quantitative estimate of drug-likeness (QED) is 0.409. The van der Waals surface area contributed by atoms with Crippen molar-refractivity contribution in [2.75, 3.05) is 18.0 Å². The van der Waals surface area contributed by atoms with E-state index in [2.05, 4.69) is 15.0 Å². The normalized spacial score (nSPS) is 17.8. The molecular weight excluding hydrogens is 469 g/mol. The van der Waals surface area contributed by atoms with E-state index in [1.165, 1.54) is 10.6 Å². The van der Waals surface area contributed by atoms with Gasteiger partial charge in [-0.3, -0.25) is 14.0 Å². The summed E-state index contributed by atoms with van der Waals surface area (Å²) >= 11 is 6.02. The van der Waals surface area contributed by atoms with Gasteiger partial charge in [-0.25, -0.2) is 9.37 Å². The van der Waals surface area contributed by atoms with E-state index in [4.69, 9.17) is 16.3 Å². The maximum absolute atomic E-state index is 15.1. The number of benzene rings is 2. The summed E-state index contributed by atoms with van der Waals surface area (Å²) in [5, 5.41) is 5.03. The highest BCUT2D eigenvalue weighted by Gasteiger charge is 2.35. The van der Waals surface area contributed by atoms with Crippen LogP contribution in [-0.2, 0) is 18.8 Å². The second-order valence-electron chi connectivity index (χ2n) is 9.73. The molecule has 3 heterocycles. The fourth-order valence-electron chi connectivity index (χ4n) is 4.72. The van der Waals surface area contributed by atoms with E-state index < -0.39 is 11.4 Å². The number of anilines is 1. The van der Waals surface area contributed by atoms with Crippen LogP contribution in [0.15, 0.2) is 47.5 Å². The molecule has 1 fully saturated rings. The smallest absolute Gasteiger partial charge is 0.261 e. The van der Waals surface area contributed by atoms with Gasteiger partial charge >= 0.3 is 0 Å². The summed E-state index contributed by atoms with van der Waals surface area (Å²) in [6.45, 7) is 6.99. The van der Waals surface area contributed by atoms with Gasteiger partial charge in [0.1, 0.15) is 17.7 Å². The molecule has 1 aliphatic heterocycles. The predicted octanol–water partition coefficient (Wildman–Crippen LogP) is 4.79. The van der Waals surface area contributed by atoms with Crippen LogP contribution < -0.4 is 10.5 Å². The van der Waals surface area contributed by atoms with E-state index in [-0.39, 0.29) is 11.7 Å². The molecule has 7 nitrogen and oxygen atoms in total. The van der Waals surface area contributed by atoms with Gasteiger partial charge in [0.2, 0.25) is 0 Å². The fraction of sp³-hybridized carbons (Fsp3) is 0.346. The van der Waals surface area contributed by atoms with Gasteiger partial charge in [0.05, 0.1) is 22.7 Å². The first kappa shape index (κ1) is 23.5. The first-order chi connectivity index (χ1) is 16.5. The maximum atomic E-state index is 15.1. The van der Waals surface area contributed by atoms with Crippen molar-refractivity contribution in [2.24, 2.45) is 14.1 Å². The van der Waals surface area contributed by atoms with Crippen molar-refractivity contribution in [3.05, 3.63) is 75.3 Å². The lowest BCUT2D eigenvalue weighted by Crippen LogP contribution is -2.49. The third-order valence-corrected chi connectivity index (χ3v) is 6.73. The predicted molar refractivity (Wildman–Crippen MR) is 135 cm³/mol. The minimum atomic E-state index is -0.466. The van der Waals surface area contributed by atoms with Crippen LogP contribution in [0.1, 0.15) is 31.3 Å². The van der Waals surface area contributed by atoms with Crippen LogP contribution in [-0.4, -0.2) is 38.0 Å². The molecule has 0 unspecified atom stereocenters. The molecule has 0 spiro atoms. The van der Waals surface area contributed by atoms with Crippen molar-refractivity contribution in [2.45, 2.75) is 32.5 Å². The molecule has 2 aromatic carbocycles. The standard InChI is InChI=1S/C26H27ClFN5O2/c1-15-30-24-20(19-7-6-17(27)8-22(19)28)9-18(10-21(24)25(34)32(15)5)33-13-23(35-26(2,3)14-33)16-11-29-31(4)12-16/h6-12,23H,13-14H2,1-5H3/t23-/m0/s1. The Balaban J connectivity index is 1.71. The zero-order valence-corrected chi connectivity index (χ0v) is 21.1. The molecule has 0 aliphatic carbocycles. The molecule has 35 heavy (non-hydrogen) atoms. The van der Waals surface area contributed by atoms with Gasteiger partial charge in [-0.15, -0.1) is 0 Å². The van der Waals surface area contributed by atoms with E-state index in [0.29, 0.717) is 46.0 Å². The van der Waals surface area contributed by atoms with Crippen molar-refractivity contribution >= 4 is 28.2 Å². The number of hydrogen-bond donors (Lipinski definition) is 0. The summed E-state index contributed by atoms with van der Waals surface area (Å²) in [4.78, 5) is 20.1. The Morgan fingerprint density at radius 2 is 1.94 bits per heavy atom. The van der Waals surface area contributed by atoms with Crippen LogP contribution in [0.3, 0.4) is 0 Å². The molecule has 1 atom stereocenters. The summed E-state index contributed by atoms with van der Waals surface area (Å²) in [6.07, 6.45) is 3.54. The largest absolute Gasteiger partial charge is 0.366 e. The Morgan fingerprint density at radius 3 is 2.63 bits per heavy atom. The van der Waals surface area contributed by atoms with Crippen LogP contribution in [0.5, 0.6) is 0 Å². The number of aromatic nitrogens is 4. The number of ether oxygens (including phenoxy) is 1. The Hall–Kier alpha value is -3.23. The van der Waals surface area contributed by atoms with E-state index >= 15 is 4.39 Å². The number of hydrogen-bond acceptors (Lipinski definition) is 5. The monoisotopic (exact) mass is 495 g/mol. The maximum Gasteiger partial charge on any atom is 0.261 e. The lowest BCUT2D eigenvalue weighted by molar-refractivity contribution is -0.0855. The van der Waals surface area contributed by atoms with Gasteiger partial charge in [-0.1, -0.05) is 11.6 Å². The molecule has 0 radical (unpaired) electrons.